The summed E-state index contributed by atoms with van der Waals surface area (Å²) in [6, 6.07) is 14.0. The molecule has 0 saturated heterocycles. The van der Waals surface area contributed by atoms with Crippen LogP contribution < -0.4 is 20.5 Å². The lowest BCUT2D eigenvalue weighted by Gasteiger charge is -2.10. The Morgan fingerprint density at radius 2 is 1.88 bits per heavy atom. The fourth-order valence-electron chi connectivity index (χ4n) is 2.34. The lowest BCUT2D eigenvalue weighted by atomic mass is 10.2. The number of ether oxygens (including phenoxy) is 2. The van der Waals surface area contributed by atoms with Gasteiger partial charge in [0.05, 0.1) is 19.8 Å². The van der Waals surface area contributed by atoms with E-state index in [0.29, 0.717) is 25.7 Å². The molecule has 1 aliphatic heterocycles. The molecule has 0 aromatic heterocycles. The molecule has 5 nitrogen and oxygen atoms in total. The number of benzene rings is 2. The van der Waals surface area contributed by atoms with E-state index in [1.54, 1.807) is 11.8 Å². The standard InChI is InChI=1S/C18H21N3O2S/c1-24-15-6-3-13(4-7-15)12-20-18(19)21-14-5-8-16-17(11-14)23-10-2-9-22-16/h3-8,11H,2,9-10,12H2,1H3,(H3,19,20,21). The molecule has 0 spiro atoms. The molecule has 0 amide bonds. The SMILES string of the molecule is CSc1ccc(CN=C(N)Nc2ccc3c(c2)OCCCO3)cc1. The zero-order valence-electron chi connectivity index (χ0n) is 13.6. The van der Waals surface area contributed by atoms with Crippen molar-refractivity contribution in [2.45, 2.75) is 17.9 Å². The van der Waals surface area contributed by atoms with Crippen molar-refractivity contribution in [3.63, 3.8) is 0 Å². The lowest BCUT2D eigenvalue weighted by Crippen LogP contribution is -2.22. The summed E-state index contributed by atoms with van der Waals surface area (Å²) in [5.74, 6) is 1.87. The first kappa shape index (κ1) is 16.5. The quantitative estimate of drug-likeness (QED) is 0.505. The van der Waals surface area contributed by atoms with Crippen molar-refractivity contribution < 1.29 is 9.47 Å². The van der Waals surface area contributed by atoms with Crippen LogP contribution in [0.5, 0.6) is 11.5 Å². The minimum absolute atomic E-state index is 0.374. The van der Waals surface area contributed by atoms with E-state index in [4.69, 9.17) is 15.2 Å². The van der Waals surface area contributed by atoms with Crippen LogP contribution in [0.2, 0.25) is 0 Å². The van der Waals surface area contributed by atoms with Crippen LogP contribution in [0.1, 0.15) is 12.0 Å². The normalized spacial score (nSPS) is 14.1. The number of nitrogens with zero attached hydrogens (tertiary/aromatic N) is 1. The lowest BCUT2D eigenvalue weighted by molar-refractivity contribution is 0.297. The van der Waals surface area contributed by atoms with E-state index in [9.17, 15) is 0 Å². The first-order valence-electron chi connectivity index (χ1n) is 7.84. The number of anilines is 1. The molecule has 24 heavy (non-hydrogen) atoms. The Bertz CT molecular complexity index is 717. The average Bonchev–Trinajstić information content (AvgIpc) is 2.85. The van der Waals surface area contributed by atoms with Gasteiger partial charge in [-0.25, -0.2) is 4.99 Å². The third kappa shape index (κ3) is 4.35. The minimum atomic E-state index is 0.374. The van der Waals surface area contributed by atoms with Gasteiger partial charge in [-0.1, -0.05) is 12.1 Å². The largest absolute Gasteiger partial charge is 0.490 e. The van der Waals surface area contributed by atoms with Crippen LogP contribution in [0.4, 0.5) is 5.69 Å². The second-order valence-electron chi connectivity index (χ2n) is 5.39. The molecule has 2 aromatic carbocycles. The van der Waals surface area contributed by atoms with Gasteiger partial charge in [-0.05, 0) is 36.1 Å². The molecule has 0 bridgehead atoms. The molecule has 6 heteroatoms. The molecule has 0 fully saturated rings. The minimum Gasteiger partial charge on any atom is -0.490 e. The van der Waals surface area contributed by atoms with Gasteiger partial charge in [0.15, 0.2) is 17.5 Å². The number of aliphatic imine (C=N–C) groups is 1. The van der Waals surface area contributed by atoms with Gasteiger partial charge in [0.2, 0.25) is 0 Å². The number of hydrogen-bond acceptors (Lipinski definition) is 4. The van der Waals surface area contributed by atoms with Crippen LogP contribution in [0, 0.1) is 0 Å². The molecule has 0 atom stereocenters. The van der Waals surface area contributed by atoms with Gasteiger partial charge in [0.25, 0.3) is 0 Å². The van der Waals surface area contributed by atoms with E-state index in [1.165, 1.54) is 4.90 Å². The topological polar surface area (TPSA) is 68.9 Å². The van der Waals surface area contributed by atoms with Crippen LogP contribution in [-0.2, 0) is 6.54 Å². The Morgan fingerprint density at radius 1 is 1.12 bits per heavy atom. The number of nitrogens with one attached hydrogen (secondary N) is 1. The molecule has 3 rings (SSSR count). The maximum absolute atomic E-state index is 5.98. The maximum atomic E-state index is 5.98. The highest BCUT2D eigenvalue weighted by molar-refractivity contribution is 7.98. The van der Waals surface area contributed by atoms with Crippen molar-refractivity contribution in [2.24, 2.45) is 10.7 Å². The Kier molecular flexibility index (Phi) is 5.48. The van der Waals surface area contributed by atoms with Crippen molar-refractivity contribution in [3.8, 4) is 11.5 Å². The molecule has 1 aliphatic rings. The summed E-state index contributed by atoms with van der Waals surface area (Å²) in [6.07, 6.45) is 2.95. The number of fused-ring (bicyclic) bond motifs is 1. The van der Waals surface area contributed by atoms with Gasteiger partial charge in [0, 0.05) is 23.1 Å². The zero-order valence-corrected chi connectivity index (χ0v) is 14.4. The second kappa shape index (κ2) is 7.97. The fourth-order valence-corrected chi connectivity index (χ4v) is 2.74. The monoisotopic (exact) mass is 343 g/mol. The average molecular weight is 343 g/mol. The Labute approximate surface area is 146 Å². The number of thioether (sulfide) groups is 1. The fraction of sp³-hybridized carbons (Fsp3) is 0.278. The zero-order chi connectivity index (χ0) is 16.8. The highest BCUT2D eigenvalue weighted by atomic mass is 32.2. The van der Waals surface area contributed by atoms with E-state index in [-0.39, 0.29) is 0 Å². The molecular weight excluding hydrogens is 322 g/mol. The summed E-state index contributed by atoms with van der Waals surface area (Å²) in [4.78, 5) is 5.62. The van der Waals surface area contributed by atoms with Gasteiger partial charge < -0.3 is 20.5 Å². The number of hydrogen-bond donors (Lipinski definition) is 2. The van der Waals surface area contributed by atoms with Gasteiger partial charge in [-0.3, -0.25) is 0 Å². The Balaban J connectivity index is 1.63. The van der Waals surface area contributed by atoms with Crippen molar-refractivity contribution >= 4 is 23.4 Å². The summed E-state index contributed by atoms with van der Waals surface area (Å²) in [5, 5.41) is 3.09. The third-order valence-corrected chi connectivity index (χ3v) is 4.35. The van der Waals surface area contributed by atoms with Gasteiger partial charge in [0.1, 0.15) is 0 Å². The second-order valence-corrected chi connectivity index (χ2v) is 6.27. The predicted octanol–water partition coefficient (Wildman–Crippen LogP) is 3.50. The Hall–Kier alpha value is -2.34. The van der Waals surface area contributed by atoms with Crippen molar-refractivity contribution in [1.82, 2.24) is 0 Å². The van der Waals surface area contributed by atoms with Crippen molar-refractivity contribution in [1.29, 1.82) is 0 Å². The van der Waals surface area contributed by atoms with E-state index in [0.717, 1.165) is 29.2 Å². The number of nitrogens with two attached hydrogens (primary N) is 1. The summed E-state index contributed by atoms with van der Waals surface area (Å²) >= 11 is 1.72. The molecule has 0 saturated carbocycles. The van der Waals surface area contributed by atoms with Crippen LogP contribution in [0.3, 0.4) is 0 Å². The van der Waals surface area contributed by atoms with Crippen LogP contribution in [0.25, 0.3) is 0 Å². The van der Waals surface area contributed by atoms with Gasteiger partial charge in [-0.15, -0.1) is 11.8 Å². The first-order valence-corrected chi connectivity index (χ1v) is 9.06. The van der Waals surface area contributed by atoms with Crippen molar-refractivity contribution in [2.75, 3.05) is 24.8 Å². The summed E-state index contributed by atoms with van der Waals surface area (Å²) in [5.41, 5.74) is 7.93. The molecule has 1 heterocycles. The number of guanidine groups is 1. The van der Waals surface area contributed by atoms with Gasteiger partial charge in [-0.2, -0.15) is 0 Å². The predicted molar refractivity (Wildman–Crippen MR) is 99.2 cm³/mol. The van der Waals surface area contributed by atoms with E-state index >= 15 is 0 Å². The summed E-state index contributed by atoms with van der Waals surface area (Å²) in [6.45, 7) is 1.88. The highest BCUT2D eigenvalue weighted by Gasteiger charge is 2.10. The molecular formula is C18H21N3O2S. The summed E-state index contributed by atoms with van der Waals surface area (Å²) in [7, 11) is 0. The molecule has 126 valence electrons. The van der Waals surface area contributed by atoms with Crippen LogP contribution >= 0.6 is 11.8 Å². The van der Waals surface area contributed by atoms with Crippen LogP contribution in [0.15, 0.2) is 52.4 Å². The molecule has 3 N–H and O–H groups in total. The molecule has 0 unspecified atom stereocenters. The smallest absolute Gasteiger partial charge is 0.193 e. The highest BCUT2D eigenvalue weighted by Crippen LogP contribution is 2.32. The third-order valence-electron chi connectivity index (χ3n) is 3.61. The molecule has 2 aromatic rings. The number of rotatable bonds is 4. The maximum Gasteiger partial charge on any atom is 0.193 e. The van der Waals surface area contributed by atoms with E-state index in [2.05, 4.69) is 40.8 Å². The van der Waals surface area contributed by atoms with E-state index in [1.807, 2.05) is 18.2 Å². The molecule has 0 radical (unpaired) electrons. The molecule has 0 aliphatic carbocycles. The van der Waals surface area contributed by atoms with Gasteiger partial charge >= 0.3 is 0 Å². The Morgan fingerprint density at radius 3 is 2.62 bits per heavy atom. The van der Waals surface area contributed by atoms with E-state index < -0.39 is 0 Å². The first-order chi connectivity index (χ1) is 11.7. The van der Waals surface area contributed by atoms with Crippen LogP contribution in [-0.4, -0.2) is 25.4 Å². The summed E-state index contributed by atoms with van der Waals surface area (Å²) < 4.78 is 11.3. The van der Waals surface area contributed by atoms with Crippen molar-refractivity contribution in [3.05, 3.63) is 48.0 Å².